The molecule has 2 saturated heterocycles. The summed E-state index contributed by atoms with van der Waals surface area (Å²) in [4.78, 5) is 19.6. The SMILES string of the molecule is C[C@@H](C1CCN(C(=O)Cc2ccc(O)c(Cl)c2)CC1)N1CCN(C)CC1. The first-order valence-corrected chi connectivity index (χ1v) is 9.99. The molecule has 1 N–H and O–H groups in total. The lowest BCUT2D eigenvalue weighted by atomic mass is 9.89. The number of amides is 1. The van der Waals surface area contributed by atoms with Crippen molar-refractivity contribution in [1.29, 1.82) is 0 Å². The van der Waals surface area contributed by atoms with Gasteiger partial charge in [-0.1, -0.05) is 17.7 Å². The normalized spacial score (nSPS) is 21.7. The molecule has 6 heteroatoms. The molecule has 5 nitrogen and oxygen atoms in total. The van der Waals surface area contributed by atoms with Gasteiger partial charge in [0.2, 0.25) is 5.91 Å². The maximum atomic E-state index is 12.6. The zero-order chi connectivity index (χ0) is 18.7. The molecule has 0 radical (unpaired) electrons. The Labute approximate surface area is 161 Å². The summed E-state index contributed by atoms with van der Waals surface area (Å²) >= 11 is 5.94. The maximum absolute atomic E-state index is 12.6. The van der Waals surface area contributed by atoms with Crippen LogP contribution in [-0.4, -0.2) is 78.1 Å². The number of nitrogens with zero attached hydrogens (tertiary/aromatic N) is 3. The third kappa shape index (κ3) is 4.70. The van der Waals surface area contributed by atoms with Gasteiger partial charge in [0.1, 0.15) is 5.75 Å². The lowest BCUT2D eigenvalue weighted by molar-refractivity contribution is -0.132. The van der Waals surface area contributed by atoms with Gasteiger partial charge in [-0.25, -0.2) is 0 Å². The topological polar surface area (TPSA) is 47.0 Å². The number of hydrogen-bond acceptors (Lipinski definition) is 4. The Balaban J connectivity index is 1.48. The summed E-state index contributed by atoms with van der Waals surface area (Å²) in [6.07, 6.45) is 2.50. The fraction of sp³-hybridized carbons (Fsp3) is 0.650. The number of carbonyl (C=O) groups is 1. The number of aromatic hydroxyl groups is 1. The largest absolute Gasteiger partial charge is 0.506 e. The van der Waals surface area contributed by atoms with E-state index in [-0.39, 0.29) is 11.7 Å². The number of phenols is 1. The van der Waals surface area contributed by atoms with Crippen LogP contribution in [0.2, 0.25) is 5.02 Å². The van der Waals surface area contributed by atoms with E-state index in [0.717, 1.165) is 57.7 Å². The second-order valence-electron chi connectivity index (χ2n) is 7.76. The highest BCUT2D eigenvalue weighted by Crippen LogP contribution is 2.27. The van der Waals surface area contributed by atoms with Crippen molar-refractivity contribution in [2.45, 2.75) is 32.2 Å². The summed E-state index contributed by atoms with van der Waals surface area (Å²) in [7, 11) is 2.19. The number of likely N-dealkylation sites (N-methyl/N-ethyl adjacent to an activating group) is 1. The summed E-state index contributed by atoms with van der Waals surface area (Å²) in [5, 5.41) is 9.80. The van der Waals surface area contributed by atoms with Gasteiger partial charge in [-0.15, -0.1) is 0 Å². The van der Waals surface area contributed by atoms with E-state index in [1.165, 1.54) is 0 Å². The molecule has 0 unspecified atom stereocenters. The number of benzene rings is 1. The highest BCUT2D eigenvalue weighted by Gasteiger charge is 2.30. The van der Waals surface area contributed by atoms with E-state index in [2.05, 4.69) is 23.8 Å². The van der Waals surface area contributed by atoms with Gasteiger partial charge in [0.25, 0.3) is 0 Å². The molecule has 0 spiro atoms. The van der Waals surface area contributed by atoms with Crippen LogP contribution in [0.25, 0.3) is 0 Å². The predicted molar refractivity (Wildman–Crippen MR) is 105 cm³/mol. The molecule has 26 heavy (non-hydrogen) atoms. The minimum absolute atomic E-state index is 0.0570. The molecule has 1 aromatic rings. The van der Waals surface area contributed by atoms with E-state index < -0.39 is 0 Å². The highest BCUT2D eigenvalue weighted by atomic mass is 35.5. The van der Waals surface area contributed by atoms with Gasteiger partial charge < -0.3 is 14.9 Å². The van der Waals surface area contributed by atoms with E-state index in [1.807, 2.05) is 4.90 Å². The molecule has 0 aromatic heterocycles. The number of hydrogen-bond donors (Lipinski definition) is 1. The molecular formula is C20H30ClN3O2. The third-order valence-electron chi connectivity index (χ3n) is 6.06. The molecule has 144 valence electrons. The molecule has 2 fully saturated rings. The number of piperazine rings is 1. The molecular weight excluding hydrogens is 350 g/mol. The summed E-state index contributed by atoms with van der Waals surface area (Å²) in [6, 6.07) is 5.59. The molecule has 0 bridgehead atoms. The second kappa shape index (κ2) is 8.59. The van der Waals surface area contributed by atoms with Gasteiger partial charge in [-0.05, 0) is 50.4 Å². The minimum atomic E-state index is 0.0570. The smallest absolute Gasteiger partial charge is 0.226 e. The third-order valence-corrected chi connectivity index (χ3v) is 6.36. The van der Waals surface area contributed by atoms with Crippen molar-refractivity contribution in [2.75, 3.05) is 46.3 Å². The molecule has 1 aromatic carbocycles. The fourth-order valence-corrected chi connectivity index (χ4v) is 4.31. The predicted octanol–water partition coefficient (Wildman–Crippen LogP) is 2.46. The lowest BCUT2D eigenvalue weighted by Crippen LogP contribution is -2.52. The molecule has 0 saturated carbocycles. The Hall–Kier alpha value is -1.30. The highest BCUT2D eigenvalue weighted by molar-refractivity contribution is 6.32. The van der Waals surface area contributed by atoms with Crippen molar-refractivity contribution in [3.8, 4) is 5.75 Å². The first kappa shape index (κ1) is 19.5. The van der Waals surface area contributed by atoms with Gasteiger partial charge >= 0.3 is 0 Å². The number of halogens is 1. The number of likely N-dealkylation sites (tertiary alicyclic amines) is 1. The molecule has 1 amide bonds. The lowest BCUT2D eigenvalue weighted by Gasteiger charge is -2.42. The van der Waals surface area contributed by atoms with Crippen LogP contribution in [0.5, 0.6) is 5.75 Å². The van der Waals surface area contributed by atoms with Crippen LogP contribution < -0.4 is 0 Å². The molecule has 2 heterocycles. The van der Waals surface area contributed by atoms with E-state index in [0.29, 0.717) is 23.4 Å². The Morgan fingerprint density at radius 1 is 1.19 bits per heavy atom. The fourth-order valence-electron chi connectivity index (χ4n) is 4.11. The number of carbonyl (C=O) groups excluding carboxylic acids is 1. The Morgan fingerprint density at radius 2 is 1.85 bits per heavy atom. The van der Waals surface area contributed by atoms with Crippen molar-refractivity contribution in [3.63, 3.8) is 0 Å². The number of phenolic OH excluding ortho intramolecular Hbond substituents is 1. The second-order valence-corrected chi connectivity index (χ2v) is 8.17. The Bertz CT molecular complexity index is 623. The van der Waals surface area contributed by atoms with Crippen molar-refractivity contribution < 1.29 is 9.90 Å². The Kier molecular flexibility index (Phi) is 6.43. The average Bonchev–Trinajstić information content (AvgIpc) is 2.65. The van der Waals surface area contributed by atoms with Gasteiger partial charge in [0.05, 0.1) is 11.4 Å². The van der Waals surface area contributed by atoms with Crippen molar-refractivity contribution >= 4 is 17.5 Å². The van der Waals surface area contributed by atoms with Crippen molar-refractivity contribution in [3.05, 3.63) is 28.8 Å². The van der Waals surface area contributed by atoms with Crippen LogP contribution in [0.1, 0.15) is 25.3 Å². The Morgan fingerprint density at radius 3 is 2.46 bits per heavy atom. The monoisotopic (exact) mass is 379 g/mol. The summed E-state index contributed by atoms with van der Waals surface area (Å²) < 4.78 is 0. The molecule has 2 aliphatic rings. The van der Waals surface area contributed by atoms with Gasteiger partial charge in [-0.2, -0.15) is 0 Å². The first-order valence-electron chi connectivity index (χ1n) is 9.62. The maximum Gasteiger partial charge on any atom is 0.226 e. The average molecular weight is 380 g/mol. The van der Waals surface area contributed by atoms with E-state index in [4.69, 9.17) is 11.6 Å². The zero-order valence-electron chi connectivity index (χ0n) is 15.8. The number of rotatable bonds is 4. The first-order chi connectivity index (χ1) is 12.4. The molecule has 0 aliphatic carbocycles. The zero-order valence-corrected chi connectivity index (χ0v) is 16.6. The van der Waals surface area contributed by atoms with Crippen molar-refractivity contribution in [2.24, 2.45) is 5.92 Å². The van der Waals surface area contributed by atoms with Crippen LogP contribution in [0.4, 0.5) is 0 Å². The minimum Gasteiger partial charge on any atom is -0.506 e. The molecule has 1 atom stereocenters. The standard InChI is InChI=1S/C20H30ClN3O2/c1-15(23-11-9-22(2)10-12-23)17-5-7-24(8-6-17)20(26)14-16-3-4-19(25)18(21)13-16/h3-4,13,15,17,25H,5-12,14H2,1-2H3/t15-/m0/s1. The van der Waals surface area contributed by atoms with Gasteiger partial charge in [0, 0.05) is 45.3 Å². The van der Waals surface area contributed by atoms with E-state index >= 15 is 0 Å². The van der Waals surface area contributed by atoms with Crippen LogP contribution in [0.15, 0.2) is 18.2 Å². The number of piperidine rings is 1. The summed E-state index contributed by atoms with van der Waals surface area (Å²) in [5.74, 6) is 0.879. The molecule has 2 aliphatic heterocycles. The van der Waals surface area contributed by atoms with Crippen LogP contribution in [0, 0.1) is 5.92 Å². The van der Waals surface area contributed by atoms with Crippen molar-refractivity contribution in [1.82, 2.24) is 14.7 Å². The van der Waals surface area contributed by atoms with Crippen LogP contribution in [-0.2, 0) is 11.2 Å². The van der Waals surface area contributed by atoms with E-state index in [1.54, 1.807) is 18.2 Å². The van der Waals surface area contributed by atoms with E-state index in [9.17, 15) is 9.90 Å². The van der Waals surface area contributed by atoms with Gasteiger partial charge in [-0.3, -0.25) is 9.69 Å². The molecule has 3 rings (SSSR count). The summed E-state index contributed by atoms with van der Waals surface area (Å²) in [6.45, 7) is 8.64. The quantitative estimate of drug-likeness (QED) is 0.873. The van der Waals surface area contributed by atoms with Crippen LogP contribution >= 0.6 is 11.6 Å². The summed E-state index contributed by atoms with van der Waals surface area (Å²) in [5.41, 5.74) is 0.853. The van der Waals surface area contributed by atoms with Gasteiger partial charge in [0.15, 0.2) is 0 Å². The van der Waals surface area contributed by atoms with Crippen LogP contribution in [0.3, 0.4) is 0 Å².